The van der Waals surface area contributed by atoms with Crippen molar-refractivity contribution in [2.45, 2.75) is 0 Å². The monoisotopic (exact) mass is 487 g/mol. The fourth-order valence-electron chi connectivity index (χ4n) is 3.44. The van der Waals surface area contributed by atoms with Gasteiger partial charge in [-0.15, -0.1) is 0 Å². The summed E-state index contributed by atoms with van der Waals surface area (Å²) in [5, 5.41) is 15.2. The molecule has 2 heterocycles. The number of carbonyl (C=O) groups excluding carboxylic acids is 1. The number of anilines is 2. The van der Waals surface area contributed by atoms with E-state index in [-0.39, 0.29) is 5.69 Å². The smallest absolute Gasteiger partial charge is 0.294 e. The molecule has 1 fully saturated rings. The Morgan fingerprint density at radius 2 is 1.88 bits per heavy atom. The lowest BCUT2D eigenvalue weighted by Crippen LogP contribution is -2.36. The first kappa shape index (κ1) is 22.8. The maximum atomic E-state index is 12.3. The number of ether oxygens (including phenoxy) is 1. The molecule has 0 saturated carbocycles. The van der Waals surface area contributed by atoms with Crippen LogP contribution in [0.15, 0.2) is 59.0 Å². The maximum absolute atomic E-state index is 12.3. The quantitative estimate of drug-likeness (QED) is 0.274. The zero-order valence-corrected chi connectivity index (χ0v) is 18.8. The summed E-state index contributed by atoms with van der Waals surface area (Å²) in [4.78, 5) is 25.4. The van der Waals surface area contributed by atoms with Gasteiger partial charge in [-0.05, 0) is 48.5 Å². The molecule has 2 aromatic carbocycles. The molecule has 1 saturated heterocycles. The second-order valence-corrected chi connectivity index (χ2v) is 8.05. The highest BCUT2D eigenvalue weighted by Gasteiger charge is 2.22. The summed E-state index contributed by atoms with van der Waals surface area (Å²) in [6.45, 7) is 2.17. The molecule has 0 radical (unpaired) electrons. The Morgan fingerprint density at radius 1 is 1.09 bits per heavy atom. The van der Waals surface area contributed by atoms with Crippen LogP contribution in [0.2, 0.25) is 10.0 Å². The number of benzene rings is 2. The standard InChI is InChI=1S/C23H19Cl2N3O5/c24-15-1-5-18(19(25)13-15)22-7-3-17(33-22)4-8-23(29)26-16-2-6-20(21(14-16)28(30)31)27-9-11-32-12-10-27/h1-8,13-14H,9-12H2,(H,26,29)/b8-4+. The third kappa shape index (κ3) is 5.54. The summed E-state index contributed by atoms with van der Waals surface area (Å²) >= 11 is 12.1. The van der Waals surface area contributed by atoms with Crippen LogP contribution in [-0.2, 0) is 9.53 Å². The van der Waals surface area contributed by atoms with E-state index >= 15 is 0 Å². The van der Waals surface area contributed by atoms with Crippen molar-refractivity contribution in [1.82, 2.24) is 0 Å². The van der Waals surface area contributed by atoms with Crippen LogP contribution >= 0.6 is 23.2 Å². The molecule has 33 heavy (non-hydrogen) atoms. The number of nitro groups is 1. The minimum Gasteiger partial charge on any atom is -0.457 e. The number of hydrogen-bond acceptors (Lipinski definition) is 6. The number of halogens is 2. The highest BCUT2D eigenvalue weighted by atomic mass is 35.5. The molecule has 0 unspecified atom stereocenters. The summed E-state index contributed by atoms with van der Waals surface area (Å²) in [5.74, 6) is 0.525. The van der Waals surface area contributed by atoms with Crippen LogP contribution in [0.1, 0.15) is 5.76 Å². The van der Waals surface area contributed by atoms with Crippen molar-refractivity contribution in [3.8, 4) is 11.3 Å². The molecule has 0 aliphatic carbocycles. The Bertz CT molecular complexity index is 1220. The van der Waals surface area contributed by atoms with Gasteiger partial charge in [-0.2, -0.15) is 0 Å². The lowest BCUT2D eigenvalue weighted by molar-refractivity contribution is -0.384. The van der Waals surface area contributed by atoms with Crippen LogP contribution in [0.25, 0.3) is 17.4 Å². The molecule has 8 nitrogen and oxygen atoms in total. The van der Waals surface area contributed by atoms with E-state index < -0.39 is 10.8 Å². The number of carbonyl (C=O) groups is 1. The molecule has 10 heteroatoms. The molecule has 1 amide bonds. The first-order valence-corrected chi connectivity index (χ1v) is 10.8. The van der Waals surface area contributed by atoms with Crippen LogP contribution in [0, 0.1) is 10.1 Å². The summed E-state index contributed by atoms with van der Waals surface area (Å²) in [6.07, 6.45) is 2.78. The fourth-order valence-corrected chi connectivity index (χ4v) is 3.94. The number of nitrogens with one attached hydrogen (secondary N) is 1. The van der Waals surface area contributed by atoms with Crippen molar-refractivity contribution < 1.29 is 18.9 Å². The molecule has 4 rings (SSSR count). The van der Waals surface area contributed by atoms with Gasteiger partial charge >= 0.3 is 0 Å². The highest BCUT2D eigenvalue weighted by molar-refractivity contribution is 6.36. The molecule has 0 atom stereocenters. The minimum absolute atomic E-state index is 0.0748. The average Bonchev–Trinajstić information content (AvgIpc) is 3.27. The van der Waals surface area contributed by atoms with E-state index in [1.54, 1.807) is 42.5 Å². The van der Waals surface area contributed by atoms with Crippen molar-refractivity contribution in [3.63, 3.8) is 0 Å². The first-order valence-electron chi connectivity index (χ1n) is 10.1. The summed E-state index contributed by atoms with van der Waals surface area (Å²) in [7, 11) is 0. The topological polar surface area (TPSA) is 97.9 Å². The fraction of sp³-hybridized carbons (Fsp3) is 0.174. The summed E-state index contributed by atoms with van der Waals surface area (Å²) in [6, 6.07) is 13.1. The van der Waals surface area contributed by atoms with Crippen molar-refractivity contribution >= 4 is 52.2 Å². The molecule has 1 aromatic heterocycles. The van der Waals surface area contributed by atoms with Crippen LogP contribution < -0.4 is 10.2 Å². The zero-order valence-electron chi connectivity index (χ0n) is 17.3. The van der Waals surface area contributed by atoms with Gasteiger partial charge in [0.1, 0.15) is 17.2 Å². The van der Waals surface area contributed by atoms with Crippen LogP contribution in [0.4, 0.5) is 17.1 Å². The Hall–Kier alpha value is -3.33. The van der Waals surface area contributed by atoms with Crippen LogP contribution in [0.5, 0.6) is 0 Å². The number of amides is 1. The van der Waals surface area contributed by atoms with E-state index in [1.165, 1.54) is 18.2 Å². The van der Waals surface area contributed by atoms with Gasteiger partial charge in [0.05, 0.1) is 23.2 Å². The molecule has 1 N–H and O–H groups in total. The van der Waals surface area contributed by atoms with E-state index in [9.17, 15) is 14.9 Å². The lowest BCUT2D eigenvalue weighted by atomic mass is 10.2. The van der Waals surface area contributed by atoms with Gasteiger partial charge < -0.3 is 19.4 Å². The third-order valence-electron chi connectivity index (χ3n) is 5.01. The zero-order chi connectivity index (χ0) is 23.4. The Balaban J connectivity index is 1.45. The van der Waals surface area contributed by atoms with E-state index in [4.69, 9.17) is 32.4 Å². The van der Waals surface area contributed by atoms with Crippen molar-refractivity contribution in [3.05, 3.63) is 80.5 Å². The van der Waals surface area contributed by atoms with Crippen molar-refractivity contribution in [2.75, 3.05) is 36.5 Å². The summed E-state index contributed by atoms with van der Waals surface area (Å²) < 4.78 is 11.0. The predicted molar refractivity (Wildman–Crippen MR) is 128 cm³/mol. The number of rotatable bonds is 6. The molecule has 0 spiro atoms. The van der Waals surface area contributed by atoms with Gasteiger partial charge in [0.25, 0.3) is 5.69 Å². The molecule has 3 aromatic rings. The maximum Gasteiger partial charge on any atom is 0.294 e. The van der Waals surface area contributed by atoms with Gasteiger partial charge in [0.15, 0.2) is 0 Å². The molecule has 170 valence electrons. The number of morpholine rings is 1. The van der Waals surface area contributed by atoms with Gasteiger partial charge in [0, 0.05) is 41.5 Å². The number of nitro benzene ring substituents is 1. The molecular weight excluding hydrogens is 469 g/mol. The molecule has 1 aliphatic heterocycles. The third-order valence-corrected chi connectivity index (χ3v) is 5.56. The predicted octanol–water partition coefficient (Wildman–Crippen LogP) is 5.65. The van der Waals surface area contributed by atoms with Gasteiger partial charge in [-0.3, -0.25) is 14.9 Å². The average molecular weight is 488 g/mol. The molecule has 1 aliphatic rings. The number of furan rings is 1. The first-order chi connectivity index (χ1) is 15.9. The van der Waals surface area contributed by atoms with Crippen LogP contribution in [-0.4, -0.2) is 37.1 Å². The van der Waals surface area contributed by atoms with Crippen LogP contribution in [0.3, 0.4) is 0 Å². The molecular formula is C23H19Cl2N3O5. The Morgan fingerprint density at radius 3 is 2.61 bits per heavy atom. The van der Waals surface area contributed by atoms with Gasteiger partial charge in [-0.1, -0.05) is 23.2 Å². The molecule has 0 bridgehead atoms. The summed E-state index contributed by atoms with van der Waals surface area (Å²) in [5.41, 5.74) is 1.43. The Kier molecular flexibility index (Phi) is 6.98. The van der Waals surface area contributed by atoms with Crippen molar-refractivity contribution in [1.29, 1.82) is 0 Å². The number of nitrogens with zero attached hydrogens (tertiary/aromatic N) is 2. The largest absolute Gasteiger partial charge is 0.457 e. The SMILES string of the molecule is O=C(/C=C/c1ccc(-c2ccc(Cl)cc2Cl)o1)Nc1ccc(N2CCOCC2)c([N+](=O)[O-])c1. The van der Waals surface area contributed by atoms with E-state index in [0.29, 0.717) is 64.8 Å². The van der Waals surface area contributed by atoms with E-state index in [2.05, 4.69) is 5.32 Å². The second kappa shape index (κ2) is 10.1. The minimum atomic E-state index is -0.456. The van der Waals surface area contributed by atoms with Gasteiger partial charge in [0.2, 0.25) is 5.91 Å². The highest BCUT2D eigenvalue weighted by Crippen LogP contribution is 2.33. The van der Waals surface area contributed by atoms with Crippen molar-refractivity contribution in [2.24, 2.45) is 0 Å². The second-order valence-electron chi connectivity index (χ2n) is 7.21. The van der Waals surface area contributed by atoms with E-state index in [1.807, 2.05) is 4.90 Å². The Labute approximate surface area is 199 Å². The van der Waals surface area contributed by atoms with E-state index in [0.717, 1.165) is 0 Å². The number of hydrogen-bond donors (Lipinski definition) is 1. The van der Waals surface area contributed by atoms with Gasteiger partial charge in [-0.25, -0.2) is 0 Å². The normalized spacial score (nSPS) is 13.9. The lowest BCUT2D eigenvalue weighted by Gasteiger charge is -2.28.